The second kappa shape index (κ2) is 201. The molecule has 0 fully saturated rings. The molecule has 0 aromatic carbocycles. The van der Waals surface area contributed by atoms with Gasteiger partial charge in [0.25, 0.3) is 0 Å². The van der Waals surface area contributed by atoms with E-state index < -0.39 is 0 Å². The van der Waals surface area contributed by atoms with Crippen LogP contribution in [0.2, 0.25) is 0 Å². The van der Waals surface area contributed by atoms with Gasteiger partial charge < -0.3 is 10.2 Å². The summed E-state index contributed by atoms with van der Waals surface area (Å²) in [7, 11) is 0. The molecule has 0 spiro atoms. The number of aliphatic hydroxyl groups is 2. The Kier molecular flexibility index (Phi) is 398. The van der Waals surface area contributed by atoms with E-state index in [1.165, 1.54) is 0 Å². The van der Waals surface area contributed by atoms with Gasteiger partial charge in [0, 0.05) is 0 Å². The number of hydrogen-bond acceptors (Lipinski definition) is 2. The van der Waals surface area contributed by atoms with E-state index in [0.717, 1.165) is 12.5 Å². The maximum absolute atomic E-state index is 7.33. The Morgan fingerprint density at radius 2 is 0.875 bits per heavy atom. The van der Waals surface area contributed by atoms with E-state index in [4.69, 9.17) is 10.2 Å². The van der Waals surface area contributed by atoms with Crippen LogP contribution in [0.3, 0.4) is 0 Å². The fraction of sp³-hybridized carbons (Fsp3) is 0. The molecule has 0 aromatic rings. The van der Waals surface area contributed by atoms with Gasteiger partial charge in [-0.3, -0.25) is 0 Å². The minimum absolute atomic E-state index is 0.750. The molecule has 2 nitrogen and oxygen atoms in total. The van der Waals surface area contributed by atoms with Crippen molar-refractivity contribution in [2.75, 3.05) is 0 Å². The Hall–Kier alpha value is -1.18. The van der Waals surface area contributed by atoms with Crippen molar-refractivity contribution in [1.29, 1.82) is 0 Å². The second-order valence-corrected chi connectivity index (χ2v) is 0.365. The largest absolute Gasteiger partial charge is 0.516 e. The fourth-order valence-electron chi connectivity index (χ4n) is 0. The van der Waals surface area contributed by atoms with E-state index >= 15 is 0 Å². The first-order valence-electron chi connectivity index (χ1n) is 1.83. The normalized spacial score (nSPS) is 3.50. The molecule has 2 N–H and O–H groups in total. The van der Waals surface area contributed by atoms with Gasteiger partial charge in [-0.05, 0) is 0 Å². The summed E-state index contributed by atoms with van der Waals surface area (Å²) in [4.78, 5) is 0. The van der Waals surface area contributed by atoms with Crippen LogP contribution in [0, 0.1) is 0 Å². The molecule has 0 saturated carbocycles. The molecule has 0 atom stereocenters. The van der Waals surface area contributed by atoms with E-state index in [0.29, 0.717) is 0 Å². The lowest BCUT2D eigenvalue weighted by Gasteiger charge is -1.41. The minimum Gasteiger partial charge on any atom is -0.516 e. The summed E-state index contributed by atoms with van der Waals surface area (Å²) in [5.41, 5.74) is 0. The van der Waals surface area contributed by atoms with Crippen molar-refractivity contribution >= 4 is 0 Å². The van der Waals surface area contributed by atoms with Gasteiger partial charge in [0.2, 0.25) is 0 Å². The van der Waals surface area contributed by atoms with Gasteiger partial charge in [-0.1, -0.05) is 13.2 Å². The zero-order valence-corrected chi connectivity index (χ0v) is 4.88. The lowest BCUT2D eigenvalue weighted by molar-refractivity contribution is 0.475. The molecule has 0 rings (SSSR count). The number of aliphatic hydroxyl groups excluding tert-OH is 2. The van der Waals surface area contributed by atoms with Gasteiger partial charge in [-0.15, -0.1) is 13.2 Å². The lowest BCUT2D eigenvalue weighted by Crippen LogP contribution is -1.25. The summed E-state index contributed by atoms with van der Waals surface area (Å²) in [5, 5.41) is 14.7. The van der Waals surface area contributed by atoms with Crippen LogP contribution in [0.15, 0.2) is 38.8 Å². The predicted molar refractivity (Wildman–Crippen MR) is 36.9 cm³/mol. The highest BCUT2D eigenvalue weighted by Crippen LogP contribution is 1.26. The monoisotopic (exact) mass is 116 g/mol. The molecular formula is C6H12O2. The summed E-state index contributed by atoms with van der Waals surface area (Å²) in [5.74, 6) is 0. The molecule has 48 valence electrons. The molecule has 0 aromatic heterocycles. The third kappa shape index (κ3) is 50.5. The molecule has 0 unspecified atom stereocenters. The topological polar surface area (TPSA) is 40.5 Å². The Morgan fingerprint density at radius 1 is 0.875 bits per heavy atom. The fourth-order valence-corrected chi connectivity index (χ4v) is 0. The van der Waals surface area contributed by atoms with Gasteiger partial charge in [-0.2, -0.15) is 0 Å². The van der Waals surface area contributed by atoms with Gasteiger partial charge in [0.1, 0.15) is 0 Å². The standard InChI is InChI=1S/2C2H4O.C2H4/c2*1-2-3;1-2/h2*2-3H,1H2;1-2H2. The number of hydrogen-bond donors (Lipinski definition) is 2. The third-order valence-corrected chi connectivity index (χ3v) is 0. The van der Waals surface area contributed by atoms with Crippen molar-refractivity contribution < 1.29 is 10.2 Å². The third-order valence-electron chi connectivity index (χ3n) is 0. The van der Waals surface area contributed by atoms with Crippen molar-refractivity contribution in [1.82, 2.24) is 0 Å². The van der Waals surface area contributed by atoms with Crippen LogP contribution in [0.25, 0.3) is 0 Å². The van der Waals surface area contributed by atoms with Crippen LogP contribution >= 0.6 is 0 Å². The van der Waals surface area contributed by atoms with E-state index in [1.807, 2.05) is 0 Å². The molecule has 0 aliphatic rings. The van der Waals surface area contributed by atoms with Gasteiger partial charge in [-0.25, -0.2) is 0 Å². The molecule has 0 bridgehead atoms. The van der Waals surface area contributed by atoms with Crippen molar-refractivity contribution in [3.8, 4) is 0 Å². The highest BCUT2D eigenvalue weighted by molar-refractivity contribution is 4.38. The van der Waals surface area contributed by atoms with Crippen LogP contribution in [-0.2, 0) is 0 Å². The first-order chi connectivity index (χ1) is 3.83. The molecule has 2 heteroatoms. The highest BCUT2D eigenvalue weighted by atomic mass is 16.2. The van der Waals surface area contributed by atoms with Gasteiger partial charge in [0.05, 0.1) is 12.5 Å². The molecule has 0 heterocycles. The van der Waals surface area contributed by atoms with Gasteiger partial charge >= 0.3 is 0 Å². The van der Waals surface area contributed by atoms with Crippen molar-refractivity contribution in [3.05, 3.63) is 38.8 Å². The summed E-state index contributed by atoms with van der Waals surface area (Å²) in [6, 6.07) is 0. The van der Waals surface area contributed by atoms with Crippen molar-refractivity contribution in [2.45, 2.75) is 0 Å². The lowest BCUT2D eigenvalue weighted by atomic mass is 11.2. The Balaban J connectivity index is -0.0000000483. The van der Waals surface area contributed by atoms with Crippen molar-refractivity contribution in [2.24, 2.45) is 0 Å². The van der Waals surface area contributed by atoms with Crippen LogP contribution in [0.1, 0.15) is 0 Å². The van der Waals surface area contributed by atoms with E-state index in [1.54, 1.807) is 0 Å². The Morgan fingerprint density at radius 3 is 0.875 bits per heavy atom. The molecular weight excluding hydrogens is 104 g/mol. The molecule has 8 heavy (non-hydrogen) atoms. The molecule has 0 amide bonds. The highest BCUT2D eigenvalue weighted by Gasteiger charge is 1.11. The average molecular weight is 116 g/mol. The van der Waals surface area contributed by atoms with Gasteiger partial charge in [0.15, 0.2) is 0 Å². The minimum atomic E-state index is 0.750. The smallest absolute Gasteiger partial charge is 0.0719 e. The van der Waals surface area contributed by atoms with Crippen LogP contribution < -0.4 is 0 Å². The zero-order chi connectivity index (χ0) is 7.41. The molecule has 0 saturated heterocycles. The van der Waals surface area contributed by atoms with Crippen LogP contribution in [0.4, 0.5) is 0 Å². The predicted octanol–water partition coefficient (Wildman–Crippen LogP) is 2.18. The van der Waals surface area contributed by atoms with E-state index in [-0.39, 0.29) is 0 Å². The summed E-state index contributed by atoms with van der Waals surface area (Å²) >= 11 is 0. The first-order valence-corrected chi connectivity index (χ1v) is 1.83. The quantitative estimate of drug-likeness (QED) is 0.376. The maximum Gasteiger partial charge on any atom is 0.0719 e. The van der Waals surface area contributed by atoms with Crippen LogP contribution in [-0.4, -0.2) is 10.2 Å². The van der Waals surface area contributed by atoms with E-state index in [2.05, 4.69) is 26.3 Å². The maximum atomic E-state index is 7.33. The first kappa shape index (κ1) is 15.8. The zero-order valence-electron chi connectivity index (χ0n) is 4.88. The Labute approximate surface area is 50.1 Å². The SMILES string of the molecule is C=C.C=CO.C=CO. The number of rotatable bonds is 0. The summed E-state index contributed by atoms with van der Waals surface area (Å²) < 4.78 is 0. The molecule has 0 aliphatic heterocycles. The molecule has 0 aliphatic carbocycles. The molecule has 0 radical (unpaired) electrons. The van der Waals surface area contributed by atoms with E-state index in [9.17, 15) is 0 Å². The van der Waals surface area contributed by atoms with Crippen molar-refractivity contribution in [3.63, 3.8) is 0 Å². The average Bonchev–Trinajstić information content (AvgIpc) is 1.75. The van der Waals surface area contributed by atoms with Crippen LogP contribution in [0.5, 0.6) is 0 Å². The Bertz CT molecular complexity index is 35.8. The second-order valence-electron chi connectivity index (χ2n) is 0.365. The summed E-state index contributed by atoms with van der Waals surface area (Å²) in [6.45, 7) is 11.8. The summed E-state index contributed by atoms with van der Waals surface area (Å²) in [6.07, 6.45) is 1.50.